The van der Waals surface area contributed by atoms with E-state index in [0.29, 0.717) is 0 Å². The van der Waals surface area contributed by atoms with E-state index in [2.05, 4.69) is 0 Å². The molecule has 0 amide bonds. The van der Waals surface area contributed by atoms with Gasteiger partial charge < -0.3 is 29.4 Å². The van der Waals surface area contributed by atoms with Crippen molar-refractivity contribution in [3.05, 3.63) is 39.8 Å². The first-order chi connectivity index (χ1) is 14.4. The van der Waals surface area contributed by atoms with Gasteiger partial charge in [0.15, 0.2) is 0 Å². The monoisotopic (exact) mass is 437 g/mol. The number of hydrogen-bond donors (Lipinski definition) is 1. The zero-order chi connectivity index (χ0) is 22.3. The Hall–Kier alpha value is -3.27. The predicted octanol–water partition coefficient (Wildman–Crippen LogP) is 3.06. The number of thiophene rings is 1. The first kappa shape index (κ1) is 23.0. The largest absolute Gasteiger partial charge is 0.496 e. The summed E-state index contributed by atoms with van der Waals surface area (Å²) in [5.74, 6) is -1.66. The number of ether oxygens (including phenoxy) is 5. The lowest BCUT2D eigenvalue weighted by Gasteiger charge is -2.13. The Bertz CT molecular complexity index is 915. The molecule has 0 aliphatic heterocycles. The lowest BCUT2D eigenvalue weighted by molar-refractivity contribution is 0.0432. The molecule has 0 aliphatic rings. The second-order valence-electron chi connectivity index (χ2n) is 5.70. The zero-order valence-corrected chi connectivity index (χ0v) is 17.9. The number of carbonyl (C=O) groups excluding carboxylic acids is 3. The van der Waals surface area contributed by atoms with Crippen LogP contribution in [0.3, 0.4) is 0 Å². The molecule has 1 aromatic heterocycles. The van der Waals surface area contributed by atoms with Gasteiger partial charge in [-0.2, -0.15) is 0 Å². The lowest BCUT2D eigenvalue weighted by atomic mass is 10.1. The summed E-state index contributed by atoms with van der Waals surface area (Å²) < 4.78 is 25.8. The van der Waals surface area contributed by atoms with E-state index in [9.17, 15) is 14.4 Å². The van der Waals surface area contributed by atoms with E-state index in [0.717, 1.165) is 11.3 Å². The van der Waals surface area contributed by atoms with Crippen LogP contribution in [0, 0.1) is 0 Å². The van der Waals surface area contributed by atoms with E-state index in [1.807, 2.05) is 0 Å². The van der Waals surface area contributed by atoms with Crippen molar-refractivity contribution in [2.24, 2.45) is 0 Å². The van der Waals surface area contributed by atoms with Crippen LogP contribution < -0.4 is 15.2 Å². The highest BCUT2D eigenvalue weighted by Crippen LogP contribution is 2.34. The third-order valence-corrected chi connectivity index (χ3v) is 5.00. The number of esters is 3. The Kier molecular flexibility index (Phi) is 8.05. The van der Waals surface area contributed by atoms with Crippen LogP contribution in [-0.4, -0.2) is 45.3 Å². The molecule has 0 fully saturated rings. The van der Waals surface area contributed by atoms with Crippen molar-refractivity contribution >= 4 is 34.2 Å². The molecule has 2 rings (SSSR count). The van der Waals surface area contributed by atoms with Gasteiger partial charge in [-0.05, 0) is 26.0 Å². The number of benzene rings is 1. The van der Waals surface area contributed by atoms with Crippen LogP contribution in [0.4, 0.5) is 5.00 Å². The topological polar surface area (TPSA) is 123 Å². The summed E-state index contributed by atoms with van der Waals surface area (Å²) in [5.41, 5.74) is 6.11. The van der Waals surface area contributed by atoms with Crippen molar-refractivity contribution in [1.29, 1.82) is 0 Å². The smallest absolute Gasteiger partial charge is 0.348 e. The number of nitrogen functional groups attached to an aromatic ring is 1. The van der Waals surface area contributed by atoms with E-state index in [1.54, 1.807) is 32.0 Å². The van der Waals surface area contributed by atoms with Gasteiger partial charge in [-0.25, -0.2) is 14.4 Å². The second kappa shape index (κ2) is 10.5. The maximum atomic E-state index is 12.8. The van der Waals surface area contributed by atoms with Gasteiger partial charge in [0, 0.05) is 5.56 Å². The van der Waals surface area contributed by atoms with E-state index in [-0.39, 0.29) is 51.3 Å². The number of rotatable bonds is 9. The van der Waals surface area contributed by atoms with E-state index >= 15 is 0 Å². The van der Waals surface area contributed by atoms with Crippen molar-refractivity contribution in [2.75, 3.05) is 33.2 Å². The Labute approximate surface area is 177 Å². The first-order valence-corrected chi connectivity index (χ1v) is 9.84. The van der Waals surface area contributed by atoms with Crippen LogP contribution in [-0.2, 0) is 20.8 Å². The summed E-state index contributed by atoms with van der Waals surface area (Å²) in [6.07, 6.45) is 0. The molecule has 0 spiro atoms. The number of anilines is 1. The molecule has 2 N–H and O–H groups in total. The van der Waals surface area contributed by atoms with Gasteiger partial charge in [0.1, 0.15) is 39.1 Å². The summed E-state index contributed by atoms with van der Waals surface area (Å²) in [4.78, 5) is 37.5. The number of hydrogen-bond acceptors (Lipinski definition) is 10. The predicted molar refractivity (Wildman–Crippen MR) is 109 cm³/mol. The Morgan fingerprint density at radius 3 is 1.93 bits per heavy atom. The van der Waals surface area contributed by atoms with Gasteiger partial charge in [0.2, 0.25) is 0 Å². The molecule has 9 nitrogen and oxygen atoms in total. The average molecular weight is 437 g/mol. The van der Waals surface area contributed by atoms with Gasteiger partial charge in [-0.3, -0.25) is 0 Å². The van der Waals surface area contributed by atoms with Gasteiger partial charge in [0.05, 0.1) is 27.4 Å². The fraction of sp³-hybridized carbons (Fsp3) is 0.350. The van der Waals surface area contributed by atoms with Crippen LogP contribution in [0.15, 0.2) is 18.2 Å². The average Bonchev–Trinajstić information content (AvgIpc) is 3.07. The molecular formula is C20H23NO8S. The SMILES string of the molecule is CCOC(=O)c1sc(N)c(C(=O)OCC)c1COC(=O)c1c(OC)cccc1OC. The summed E-state index contributed by atoms with van der Waals surface area (Å²) in [7, 11) is 2.81. The van der Waals surface area contributed by atoms with E-state index in [1.165, 1.54) is 14.2 Å². The molecule has 0 saturated heterocycles. The highest BCUT2D eigenvalue weighted by atomic mass is 32.1. The molecule has 30 heavy (non-hydrogen) atoms. The van der Waals surface area contributed by atoms with Crippen LogP contribution in [0.5, 0.6) is 11.5 Å². The Morgan fingerprint density at radius 2 is 1.40 bits per heavy atom. The molecule has 2 aromatic rings. The third-order valence-electron chi connectivity index (χ3n) is 3.95. The number of nitrogens with two attached hydrogens (primary N) is 1. The standard InChI is InChI=1S/C20H23NO8S/c1-5-27-18(22)14-11(16(30-17(14)21)20(24)28-6-2)10-29-19(23)15-12(25-3)8-7-9-13(15)26-4/h7-9H,5-6,10,21H2,1-4H3. The Balaban J connectivity index is 2.41. The van der Waals surface area contributed by atoms with Crippen molar-refractivity contribution in [2.45, 2.75) is 20.5 Å². The van der Waals surface area contributed by atoms with E-state index in [4.69, 9.17) is 29.4 Å². The zero-order valence-electron chi connectivity index (χ0n) is 17.1. The summed E-state index contributed by atoms with van der Waals surface area (Å²) in [6.45, 7) is 3.12. The third kappa shape index (κ3) is 4.82. The Morgan fingerprint density at radius 1 is 0.867 bits per heavy atom. The van der Waals surface area contributed by atoms with Crippen LogP contribution in [0.1, 0.15) is 49.8 Å². The van der Waals surface area contributed by atoms with Crippen LogP contribution in [0.2, 0.25) is 0 Å². The summed E-state index contributed by atoms with van der Waals surface area (Å²) in [5, 5.41) is 0.0671. The molecule has 10 heteroatoms. The minimum atomic E-state index is -0.765. The molecule has 0 unspecified atom stereocenters. The van der Waals surface area contributed by atoms with E-state index < -0.39 is 24.5 Å². The molecule has 0 saturated carbocycles. The number of methoxy groups -OCH3 is 2. The van der Waals surface area contributed by atoms with Crippen molar-refractivity contribution in [1.82, 2.24) is 0 Å². The molecule has 1 heterocycles. The molecule has 0 atom stereocenters. The second-order valence-corrected chi connectivity index (χ2v) is 6.76. The molecule has 0 aliphatic carbocycles. The molecular weight excluding hydrogens is 414 g/mol. The quantitative estimate of drug-likeness (QED) is 0.465. The summed E-state index contributed by atoms with van der Waals surface area (Å²) >= 11 is 0.868. The molecule has 0 bridgehead atoms. The highest BCUT2D eigenvalue weighted by Gasteiger charge is 2.29. The lowest BCUT2D eigenvalue weighted by Crippen LogP contribution is -2.15. The molecule has 1 aromatic carbocycles. The van der Waals surface area contributed by atoms with Crippen molar-refractivity contribution < 1.29 is 38.1 Å². The maximum absolute atomic E-state index is 12.8. The highest BCUT2D eigenvalue weighted by molar-refractivity contribution is 7.18. The van der Waals surface area contributed by atoms with Crippen molar-refractivity contribution in [3.63, 3.8) is 0 Å². The first-order valence-electron chi connectivity index (χ1n) is 9.02. The van der Waals surface area contributed by atoms with Crippen LogP contribution in [0.25, 0.3) is 0 Å². The molecule has 0 radical (unpaired) electrons. The minimum Gasteiger partial charge on any atom is -0.496 e. The number of carbonyl (C=O) groups is 3. The van der Waals surface area contributed by atoms with Crippen LogP contribution >= 0.6 is 11.3 Å². The van der Waals surface area contributed by atoms with Gasteiger partial charge >= 0.3 is 17.9 Å². The normalized spacial score (nSPS) is 10.3. The fourth-order valence-corrected chi connectivity index (χ4v) is 3.63. The van der Waals surface area contributed by atoms with Crippen molar-refractivity contribution in [3.8, 4) is 11.5 Å². The van der Waals surface area contributed by atoms with Gasteiger partial charge in [-0.15, -0.1) is 11.3 Å². The summed E-state index contributed by atoms with van der Waals surface area (Å²) in [6, 6.07) is 4.82. The van der Waals surface area contributed by atoms with Gasteiger partial charge in [-0.1, -0.05) is 6.07 Å². The minimum absolute atomic E-state index is 0.0234. The fourth-order valence-electron chi connectivity index (χ4n) is 2.67. The molecule has 162 valence electrons. The maximum Gasteiger partial charge on any atom is 0.348 e. The van der Waals surface area contributed by atoms with Gasteiger partial charge in [0.25, 0.3) is 0 Å².